The van der Waals surface area contributed by atoms with Crippen LogP contribution in [0.5, 0.6) is 5.75 Å². The molecule has 2 aromatic rings. The first-order chi connectivity index (χ1) is 12.1. The van der Waals surface area contributed by atoms with Crippen LogP contribution in [-0.4, -0.2) is 24.6 Å². The van der Waals surface area contributed by atoms with Crippen LogP contribution in [0.3, 0.4) is 0 Å². The largest absolute Gasteiger partial charge is 0.493 e. The van der Waals surface area contributed by atoms with Crippen molar-refractivity contribution in [3.05, 3.63) is 65.7 Å². The van der Waals surface area contributed by atoms with E-state index < -0.39 is 5.97 Å². The summed E-state index contributed by atoms with van der Waals surface area (Å²) < 4.78 is 10.8. The highest BCUT2D eigenvalue weighted by Crippen LogP contribution is 2.15. The molecule has 2 aromatic carbocycles. The fourth-order valence-corrected chi connectivity index (χ4v) is 2.21. The van der Waals surface area contributed by atoms with Crippen molar-refractivity contribution in [1.82, 2.24) is 0 Å². The SMILES string of the molecule is CC[C@H](COc1ccc(C=O)cc1)C(=N)C(=O)OCc1ccccc1. The van der Waals surface area contributed by atoms with E-state index in [9.17, 15) is 9.59 Å². The Bertz CT molecular complexity index is 710. The number of rotatable bonds is 9. The summed E-state index contributed by atoms with van der Waals surface area (Å²) in [6, 6.07) is 16.0. The molecule has 0 aliphatic rings. The van der Waals surface area contributed by atoms with Crippen molar-refractivity contribution in [3.63, 3.8) is 0 Å². The van der Waals surface area contributed by atoms with E-state index >= 15 is 0 Å². The summed E-state index contributed by atoms with van der Waals surface area (Å²) in [6.45, 7) is 2.24. The fraction of sp³-hybridized carbons (Fsp3) is 0.250. The summed E-state index contributed by atoms with van der Waals surface area (Å²) in [5.74, 6) is -0.390. The molecule has 0 aromatic heterocycles. The second-order valence-corrected chi connectivity index (χ2v) is 5.58. The van der Waals surface area contributed by atoms with Crippen molar-refractivity contribution in [3.8, 4) is 5.75 Å². The maximum atomic E-state index is 12.1. The molecule has 25 heavy (non-hydrogen) atoms. The standard InChI is InChI=1S/C20H21NO4/c1-2-17(14-24-18-10-8-15(12-22)9-11-18)19(21)20(23)25-13-16-6-4-3-5-7-16/h3-12,17,21H,2,13-14H2,1H3/t17-/m1/s1. The van der Waals surface area contributed by atoms with Crippen molar-refractivity contribution < 1.29 is 19.1 Å². The van der Waals surface area contributed by atoms with Crippen LogP contribution in [0.1, 0.15) is 29.3 Å². The number of nitrogens with one attached hydrogen (secondary N) is 1. The molecule has 0 aliphatic carbocycles. The van der Waals surface area contributed by atoms with Gasteiger partial charge < -0.3 is 9.47 Å². The highest BCUT2D eigenvalue weighted by atomic mass is 16.5. The third-order valence-electron chi connectivity index (χ3n) is 3.80. The number of carbonyl (C=O) groups excluding carboxylic acids is 2. The lowest BCUT2D eigenvalue weighted by Gasteiger charge is -2.16. The molecule has 0 heterocycles. The number of ether oxygens (including phenoxy) is 2. The zero-order chi connectivity index (χ0) is 18.1. The van der Waals surface area contributed by atoms with Crippen LogP contribution >= 0.6 is 0 Å². The van der Waals surface area contributed by atoms with Gasteiger partial charge in [0, 0.05) is 11.5 Å². The van der Waals surface area contributed by atoms with Crippen molar-refractivity contribution in [2.75, 3.05) is 6.61 Å². The Morgan fingerprint density at radius 3 is 2.40 bits per heavy atom. The Kier molecular flexibility index (Phi) is 6.89. The molecule has 1 N–H and O–H groups in total. The van der Waals surface area contributed by atoms with Gasteiger partial charge in [0.15, 0.2) is 0 Å². The molecule has 0 bridgehead atoms. The molecular formula is C20H21NO4. The zero-order valence-electron chi connectivity index (χ0n) is 14.1. The summed E-state index contributed by atoms with van der Waals surface area (Å²) in [5, 5.41) is 8.05. The molecule has 2 rings (SSSR count). The molecule has 0 aliphatic heterocycles. The molecular weight excluding hydrogens is 318 g/mol. The predicted molar refractivity (Wildman–Crippen MR) is 95.1 cm³/mol. The lowest BCUT2D eigenvalue weighted by molar-refractivity contribution is -0.137. The maximum absolute atomic E-state index is 12.1. The van der Waals surface area contributed by atoms with Gasteiger partial charge in [-0.3, -0.25) is 10.2 Å². The highest BCUT2D eigenvalue weighted by molar-refractivity contribution is 6.35. The third-order valence-corrected chi connectivity index (χ3v) is 3.80. The lowest BCUT2D eigenvalue weighted by Crippen LogP contribution is -2.29. The maximum Gasteiger partial charge on any atom is 0.352 e. The van der Waals surface area contributed by atoms with Crippen LogP contribution in [0.4, 0.5) is 0 Å². The van der Waals surface area contributed by atoms with Gasteiger partial charge in [-0.15, -0.1) is 0 Å². The fourth-order valence-electron chi connectivity index (χ4n) is 2.21. The van der Waals surface area contributed by atoms with Gasteiger partial charge in [-0.1, -0.05) is 37.3 Å². The summed E-state index contributed by atoms with van der Waals surface area (Å²) >= 11 is 0. The molecule has 0 unspecified atom stereocenters. The van der Waals surface area contributed by atoms with E-state index in [-0.39, 0.29) is 24.8 Å². The third kappa shape index (κ3) is 5.57. The first-order valence-electron chi connectivity index (χ1n) is 8.11. The van der Waals surface area contributed by atoms with E-state index in [0.717, 1.165) is 11.8 Å². The molecule has 5 nitrogen and oxygen atoms in total. The van der Waals surface area contributed by atoms with Gasteiger partial charge in [-0.2, -0.15) is 0 Å². The van der Waals surface area contributed by atoms with E-state index in [2.05, 4.69) is 0 Å². The van der Waals surface area contributed by atoms with E-state index in [1.165, 1.54) is 0 Å². The van der Waals surface area contributed by atoms with Gasteiger partial charge in [0.1, 0.15) is 24.4 Å². The molecule has 5 heteroatoms. The molecule has 0 amide bonds. The van der Waals surface area contributed by atoms with Gasteiger partial charge in [-0.25, -0.2) is 4.79 Å². The minimum atomic E-state index is -0.629. The quantitative estimate of drug-likeness (QED) is 0.430. The molecule has 0 saturated carbocycles. The van der Waals surface area contributed by atoms with Gasteiger partial charge in [0.25, 0.3) is 0 Å². The van der Waals surface area contributed by atoms with E-state index in [0.29, 0.717) is 17.7 Å². The Labute approximate surface area is 147 Å². The number of esters is 1. The van der Waals surface area contributed by atoms with Gasteiger partial charge >= 0.3 is 5.97 Å². The van der Waals surface area contributed by atoms with Crippen LogP contribution in [0.15, 0.2) is 54.6 Å². The summed E-state index contributed by atoms with van der Waals surface area (Å²) in [7, 11) is 0. The minimum Gasteiger partial charge on any atom is -0.493 e. The zero-order valence-corrected chi connectivity index (χ0v) is 14.1. The first kappa shape index (κ1) is 18.4. The Balaban J connectivity index is 1.86. The van der Waals surface area contributed by atoms with Gasteiger partial charge in [-0.05, 0) is 36.2 Å². The van der Waals surface area contributed by atoms with Crippen molar-refractivity contribution in [2.24, 2.45) is 5.92 Å². The van der Waals surface area contributed by atoms with Gasteiger partial charge in [0.05, 0.1) is 6.61 Å². The smallest absolute Gasteiger partial charge is 0.352 e. The second kappa shape index (κ2) is 9.37. The summed E-state index contributed by atoms with van der Waals surface area (Å²) in [5.41, 5.74) is 1.35. The van der Waals surface area contributed by atoms with Crippen LogP contribution in [0, 0.1) is 11.3 Å². The van der Waals surface area contributed by atoms with Crippen molar-refractivity contribution in [1.29, 1.82) is 5.41 Å². The Hall–Kier alpha value is -2.95. The van der Waals surface area contributed by atoms with Crippen molar-refractivity contribution in [2.45, 2.75) is 20.0 Å². The summed E-state index contributed by atoms with van der Waals surface area (Å²) in [6.07, 6.45) is 1.35. The van der Waals surface area contributed by atoms with Crippen LogP contribution < -0.4 is 4.74 Å². The van der Waals surface area contributed by atoms with Crippen molar-refractivity contribution >= 4 is 18.0 Å². The second-order valence-electron chi connectivity index (χ2n) is 5.58. The van der Waals surface area contributed by atoms with E-state index in [1.807, 2.05) is 37.3 Å². The Morgan fingerprint density at radius 1 is 1.12 bits per heavy atom. The number of hydrogen-bond acceptors (Lipinski definition) is 5. The first-order valence-corrected chi connectivity index (χ1v) is 8.11. The minimum absolute atomic E-state index is 0.0945. The Morgan fingerprint density at radius 2 is 1.80 bits per heavy atom. The lowest BCUT2D eigenvalue weighted by atomic mass is 10.0. The number of aldehydes is 1. The molecule has 1 atom stereocenters. The number of benzene rings is 2. The topological polar surface area (TPSA) is 76.5 Å². The number of hydrogen-bond donors (Lipinski definition) is 1. The normalized spacial score (nSPS) is 11.4. The molecule has 0 saturated heterocycles. The van der Waals surface area contributed by atoms with Crippen LogP contribution in [0.25, 0.3) is 0 Å². The summed E-state index contributed by atoms with van der Waals surface area (Å²) in [4.78, 5) is 22.7. The average Bonchev–Trinajstić information content (AvgIpc) is 2.67. The highest BCUT2D eigenvalue weighted by Gasteiger charge is 2.22. The molecule has 0 radical (unpaired) electrons. The average molecular weight is 339 g/mol. The predicted octanol–water partition coefficient (Wildman–Crippen LogP) is 3.67. The molecule has 0 spiro atoms. The molecule has 130 valence electrons. The number of carbonyl (C=O) groups is 2. The van der Waals surface area contributed by atoms with Gasteiger partial charge in [0.2, 0.25) is 0 Å². The molecule has 0 fully saturated rings. The van der Waals surface area contributed by atoms with Crippen LogP contribution in [-0.2, 0) is 16.1 Å². The van der Waals surface area contributed by atoms with E-state index in [1.54, 1.807) is 24.3 Å². The van der Waals surface area contributed by atoms with Crippen LogP contribution in [0.2, 0.25) is 0 Å². The monoisotopic (exact) mass is 339 g/mol. The van der Waals surface area contributed by atoms with E-state index in [4.69, 9.17) is 14.9 Å².